The number of piperidine rings is 1. The molecule has 0 aromatic carbocycles. The van der Waals surface area contributed by atoms with Gasteiger partial charge < -0.3 is 9.88 Å². The monoisotopic (exact) mass is 264 g/mol. The molecule has 2 heterocycles. The Morgan fingerprint density at radius 2 is 2.36 bits per heavy atom. The predicted molar refractivity (Wildman–Crippen MR) is 53.6 cm³/mol. The van der Waals surface area contributed by atoms with Gasteiger partial charge in [0.05, 0.1) is 12.6 Å². The first kappa shape index (κ1) is 10.1. The number of alkyl halides is 2. The molecule has 1 aliphatic heterocycles. The summed E-state index contributed by atoms with van der Waals surface area (Å²) in [6.07, 6.45) is 3.85. The summed E-state index contributed by atoms with van der Waals surface area (Å²) in [6.45, 7) is 0.420. The normalized spacial score (nSPS) is 26.4. The minimum absolute atomic E-state index is 0.229. The molecule has 0 amide bonds. The van der Waals surface area contributed by atoms with E-state index < -0.39 is 12.0 Å². The van der Waals surface area contributed by atoms with Crippen LogP contribution in [0.4, 0.5) is 8.78 Å². The summed E-state index contributed by atoms with van der Waals surface area (Å²) in [6, 6.07) is 1.06. The Bertz CT molecular complexity index is 324. The van der Waals surface area contributed by atoms with Crippen LogP contribution in [0.2, 0.25) is 0 Å². The zero-order valence-corrected chi connectivity index (χ0v) is 9.10. The van der Waals surface area contributed by atoms with Crippen molar-refractivity contribution in [2.75, 3.05) is 13.1 Å². The first-order valence-electron chi connectivity index (χ1n) is 4.51. The number of nitrogens with zero attached hydrogens (tertiary/aromatic N) is 1. The zero-order chi connectivity index (χ0) is 10.2. The first-order chi connectivity index (χ1) is 6.59. The molecule has 14 heavy (non-hydrogen) atoms. The van der Waals surface area contributed by atoms with Crippen molar-refractivity contribution >= 4 is 15.9 Å². The van der Waals surface area contributed by atoms with Crippen LogP contribution in [-0.2, 0) is 0 Å². The molecule has 1 fully saturated rings. The number of halogens is 3. The summed E-state index contributed by atoms with van der Waals surface area (Å²) in [5.41, 5.74) is 0. The van der Waals surface area contributed by atoms with E-state index in [1.54, 1.807) is 23.0 Å². The van der Waals surface area contributed by atoms with E-state index in [4.69, 9.17) is 0 Å². The van der Waals surface area contributed by atoms with Crippen molar-refractivity contribution in [1.82, 2.24) is 9.88 Å². The summed E-state index contributed by atoms with van der Waals surface area (Å²) in [5.74, 6) is -2.66. The summed E-state index contributed by atoms with van der Waals surface area (Å²) in [7, 11) is 0. The Hall–Kier alpha value is -0.420. The Kier molecular flexibility index (Phi) is 2.62. The first-order valence-corrected chi connectivity index (χ1v) is 5.30. The fourth-order valence-electron chi connectivity index (χ4n) is 1.77. The maximum Gasteiger partial charge on any atom is 0.280 e. The van der Waals surface area contributed by atoms with Crippen molar-refractivity contribution in [3.05, 3.63) is 22.9 Å². The molecule has 0 radical (unpaired) electrons. The van der Waals surface area contributed by atoms with E-state index in [2.05, 4.69) is 21.2 Å². The summed E-state index contributed by atoms with van der Waals surface area (Å²) in [4.78, 5) is 0. The average Bonchev–Trinajstić information content (AvgIpc) is 2.51. The lowest BCUT2D eigenvalue weighted by molar-refractivity contribution is -0.0657. The van der Waals surface area contributed by atoms with Crippen molar-refractivity contribution in [3.63, 3.8) is 0 Å². The molecule has 78 valence electrons. The SMILES string of the molecule is FC1(F)CNCCC1n1ccc(Br)c1. The molecule has 0 aliphatic carbocycles. The molecule has 1 aliphatic rings. The maximum absolute atomic E-state index is 13.5. The van der Waals surface area contributed by atoms with E-state index in [9.17, 15) is 8.78 Å². The smallest absolute Gasteiger partial charge is 0.280 e. The van der Waals surface area contributed by atoms with Crippen molar-refractivity contribution in [1.29, 1.82) is 0 Å². The molecule has 2 rings (SSSR count). The minimum Gasteiger partial charge on any atom is -0.344 e. The Labute approximate surface area is 89.4 Å². The third-order valence-corrected chi connectivity index (χ3v) is 2.95. The molecule has 0 saturated carbocycles. The Morgan fingerprint density at radius 1 is 1.57 bits per heavy atom. The molecule has 0 bridgehead atoms. The summed E-state index contributed by atoms with van der Waals surface area (Å²) >= 11 is 3.25. The van der Waals surface area contributed by atoms with E-state index >= 15 is 0 Å². The lowest BCUT2D eigenvalue weighted by Crippen LogP contribution is -2.46. The fraction of sp³-hybridized carbons (Fsp3) is 0.556. The van der Waals surface area contributed by atoms with E-state index in [-0.39, 0.29) is 6.54 Å². The van der Waals surface area contributed by atoms with Crippen molar-refractivity contribution in [2.45, 2.75) is 18.4 Å². The molecular formula is C9H11BrF2N2. The lowest BCUT2D eigenvalue weighted by atomic mass is 10.0. The van der Waals surface area contributed by atoms with E-state index in [0.29, 0.717) is 13.0 Å². The van der Waals surface area contributed by atoms with Crippen LogP contribution in [0, 0.1) is 0 Å². The van der Waals surface area contributed by atoms with Crippen LogP contribution in [0.5, 0.6) is 0 Å². The van der Waals surface area contributed by atoms with Gasteiger partial charge in [-0.2, -0.15) is 0 Å². The predicted octanol–water partition coefficient (Wildman–Crippen LogP) is 2.42. The minimum atomic E-state index is -2.66. The number of nitrogens with one attached hydrogen (secondary N) is 1. The van der Waals surface area contributed by atoms with Crippen molar-refractivity contribution in [3.8, 4) is 0 Å². The highest BCUT2D eigenvalue weighted by Crippen LogP contribution is 2.34. The molecule has 1 N–H and O–H groups in total. The van der Waals surface area contributed by atoms with Gasteiger partial charge in [-0.25, -0.2) is 8.78 Å². The van der Waals surface area contributed by atoms with Gasteiger partial charge >= 0.3 is 0 Å². The number of rotatable bonds is 1. The van der Waals surface area contributed by atoms with Crippen LogP contribution in [0.25, 0.3) is 0 Å². The standard InChI is InChI=1S/C9H11BrF2N2/c10-7-2-4-14(5-7)8-1-3-13-6-9(8,11)12/h2,4-5,8,13H,1,3,6H2. The molecule has 1 aromatic heterocycles. The molecule has 5 heteroatoms. The van der Waals surface area contributed by atoms with E-state index in [1.807, 2.05) is 0 Å². The summed E-state index contributed by atoms with van der Waals surface area (Å²) < 4.78 is 29.4. The van der Waals surface area contributed by atoms with Crippen molar-refractivity contribution in [2.24, 2.45) is 0 Å². The fourth-order valence-corrected chi connectivity index (χ4v) is 2.12. The van der Waals surface area contributed by atoms with E-state index in [0.717, 1.165) is 4.47 Å². The third-order valence-electron chi connectivity index (χ3n) is 2.48. The lowest BCUT2D eigenvalue weighted by Gasteiger charge is -2.32. The van der Waals surface area contributed by atoms with E-state index in [1.165, 1.54) is 0 Å². The third kappa shape index (κ3) is 1.83. The quantitative estimate of drug-likeness (QED) is 0.825. The summed E-state index contributed by atoms with van der Waals surface area (Å²) in [5, 5.41) is 2.71. The van der Waals surface area contributed by atoms with Gasteiger partial charge in [-0.05, 0) is 35.0 Å². The number of hydrogen-bond donors (Lipinski definition) is 1. The molecular weight excluding hydrogens is 254 g/mol. The highest BCUT2D eigenvalue weighted by Gasteiger charge is 2.42. The van der Waals surface area contributed by atoms with Crippen LogP contribution in [0.15, 0.2) is 22.9 Å². The zero-order valence-electron chi connectivity index (χ0n) is 7.51. The van der Waals surface area contributed by atoms with Gasteiger partial charge in [0.2, 0.25) is 0 Å². The average molecular weight is 265 g/mol. The second-order valence-electron chi connectivity index (χ2n) is 3.52. The van der Waals surface area contributed by atoms with Gasteiger partial charge in [0.1, 0.15) is 0 Å². The second-order valence-corrected chi connectivity index (χ2v) is 4.43. The van der Waals surface area contributed by atoms with Crippen LogP contribution in [-0.4, -0.2) is 23.6 Å². The Balaban J connectivity index is 2.23. The van der Waals surface area contributed by atoms with Crippen LogP contribution < -0.4 is 5.32 Å². The van der Waals surface area contributed by atoms with Gasteiger partial charge in [0, 0.05) is 16.9 Å². The van der Waals surface area contributed by atoms with Crippen LogP contribution in [0.1, 0.15) is 12.5 Å². The highest BCUT2D eigenvalue weighted by atomic mass is 79.9. The van der Waals surface area contributed by atoms with Gasteiger partial charge in [-0.15, -0.1) is 0 Å². The molecule has 1 saturated heterocycles. The van der Waals surface area contributed by atoms with Gasteiger partial charge in [0.15, 0.2) is 0 Å². The Morgan fingerprint density at radius 3 is 2.93 bits per heavy atom. The molecule has 1 unspecified atom stereocenters. The largest absolute Gasteiger partial charge is 0.344 e. The number of aromatic nitrogens is 1. The second kappa shape index (κ2) is 3.62. The number of hydrogen-bond acceptors (Lipinski definition) is 1. The molecule has 2 nitrogen and oxygen atoms in total. The maximum atomic E-state index is 13.5. The highest BCUT2D eigenvalue weighted by molar-refractivity contribution is 9.10. The van der Waals surface area contributed by atoms with Crippen LogP contribution in [0.3, 0.4) is 0 Å². The molecule has 1 atom stereocenters. The molecule has 0 spiro atoms. The van der Waals surface area contributed by atoms with Gasteiger partial charge in [-0.3, -0.25) is 0 Å². The topological polar surface area (TPSA) is 17.0 Å². The van der Waals surface area contributed by atoms with Crippen molar-refractivity contribution < 1.29 is 8.78 Å². The molecule has 1 aromatic rings. The van der Waals surface area contributed by atoms with Crippen LogP contribution >= 0.6 is 15.9 Å². The van der Waals surface area contributed by atoms with Gasteiger partial charge in [-0.1, -0.05) is 0 Å². The van der Waals surface area contributed by atoms with Gasteiger partial charge in [0.25, 0.3) is 5.92 Å².